The highest BCUT2D eigenvalue weighted by Crippen LogP contribution is 2.29. The first-order valence-corrected chi connectivity index (χ1v) is 11.2. The lowest BCUT2D eigenvalue weighted by atomic mass is 10.2. The van der Waals surface area contributed by atoms with Gasteiger partial charge in [-0.25, -0.2) is 5.43 Å². The number of anilines is 1. The SMILES string of the molecule is CCOc1cc(/C=N/NC(=O)C(=O)Nc2cc(Cl)ccc2Cl)ccc1OCc1ccc(C)cc1. The zero-order valence-electron chi connectivity index (χ0n) is 18.6. The number of rotatable bonds is 8. The quantitative estimate of drug-likeness (QED) is 0.247. The zero-order valence-corrected chi connectivity index (χ0v) is 20.1. The molecule has 176 valence electrons. The van der Waals surface area contributed by atoms with Gasteiger partial charge in [-0.3, -0.25) is 9.59 Å². The maximum atomic E-state index is 12.1. The maximum Gasteiger partial charge on any atom is 0.329 e. The second kappa shape index (κ2) is 12.1. The number of hydrogen-bond donors (Lipinski definition) is 2. The molecule has 0 bridgehead atoms. The number of carbonyl (C=O) groups excluding carboxylic acids is 2. The number of carbonyl (C=O) groups is 2. The molecule has 0 aliphatic rings. The molecule has 0 fully saturated rings. The van der Waals surface area contributed by atoms with Crippen LogP contribution in [0.4, 0.5) is 5.69 Å². The Morgan fingerprint density at radius 1 is 0.941 bits per heavy atom. The van der Waals surface area contributed by atoms with Crippen LogP contribution in [0.5, 0.6) is 11.5 Å². The number of aryl methyl sites for hydroxylation is 1. The van der Waals surface area contributed by atoms with Crippen LogP contribution < -0.4 is 20.2 Å². The van der Waals surface area contributed by atoms with Crippen LogP contribution in [0, 0.1) is 6.92 Å². The highest BCUT2D eigenvalue weighted by Gasteiger charge is 2.15. The molecular formula is C25H23Cl2N3O4. The highest BCUT2D eigenvalue weighted by atomic mass is 35.5. The molecule has 0 spiro atoms. The standard InChI is InChI=1S/C25H23Cl2N3O4/c1-3-33-23-12-18(8-11-22(23)34-15-17-6-4-16(2)5-7-17)14-28-30-25(32)24(31)29-21-13-19(26)9-10-20(21)27/h4-14H,3,15H2,1-2H3,(H,29,31)(H,30,32)/b28-14+. The van der Waals surface area contributed by atoms with E-state index >= 15 is 0 Å². The van der Waals surface area contributed by atoms with Gasteiger partial charge in [-0.1, -0.05) is 53.0 Å². The molecule has 0 aliphatic heterocycles. The van der Waals surface area contributed by atoms with Gasteiger partial charge in [0.25, 0.3) is 0 Å². The molecule has 2 amide bonds. The van der Waals surface area contributed by atoms with E-state index in [0.29, 0.717) is 35.3 Å². The Bertz CT molecular complexity index is 1200. The molecule has 0 aromatic heterocycles. The van der Waals surface area contributed by atoms with Gasteiger partial charge in [0.2, 0.25) is 0 Å². The molecule has 9 heteroatoms. The Labute approximate surface area is 207 Å². The Morgan fingerprint density at radius 2 is 1.71 bits per heavy atom. The number of nitrogens with one attached hydrogen (secondary N) is 2. The third-order valence-corrected chi connectivity index (χ3v) is 5.11. The van der Waals surface area contributed by atoms with Crippen molar-refractivity contribution in [2.45, 2.75) is 20.5 Å². The monoisotopic (exact) mass is 499 g/mol. The minimum absolute atomic E-state index is 0.223. The van der Waals surface area contributed by atoms with Gasteiger partial charge in [0.1, 0.15) is 6.61 Å². The summed E-state index contributed by atoms with van der Waals surface area (Å²) in [5, 5.41) is 6.84. The average molecular weight is 500 g/mol. The summed E-state index contributed by atoms with van der Waals surface area (Å²) in [6, 6.07) is 17.8. The number of hydrogen-bond acceptors (Lipinski definition) is 5. The predicted molar refractivity (Wildman–Crippen MR) is 134 cm³/mol. The molecule has 0 radical (unpaired) electrons. The van der Waals surface area contributed by atoms with Crippen molar-refractivity contribution in [3.8, 4) is 11.5 Å². The molecule has 7 nitrogen and oxygen atoms in total. The fourth-order valence-corrected chi connectivity index (χ4v) is 3.16. The first-order chi connectivity index (χ1) is 16.4. The Balaban J connectivity index is 1.60. The lowest BCUT2D eigenvalue weighted by Gasteiger charge is -2.13. The van der Waals surface area contributed by atoms with Crippen molar-refractivity contribution in [1.82, 2.24) is 5.43 Å². The molecular weight excluding hydrogens is 477 g/mol. The number of amides is 2. The van der Waals surface area contributed by atoms with E-state index in [0.717, 1.165) is 5.56 Å². The molecule has 2 N–H and O–H groups in total. The zero-order chi connectivity index (χ0) is 24.5. The van der Waals surface area contributed by atoms with Gasteiger partial charge in [0.05, 0.1) is 23.5 Å². The van der Waals surface area contributed by atoms with Crippen LogP contribution in [0.2, 0.25) is 10.0 Å². The van der Waals surface area contributed by atoms with Gasteiger partial charge in [-0.05, 0) is 61.4 Å². The van der Waals surface area contributed by atoms with Crippen LogP contribution >= 0.6 is 23.2 Å². The van der Waals surface area contributed by atoms with Gasteiger partial charge in [-0.2, -0.15) is 5.10 Å². The summed E-state index contributed by atoms with van der Waals surface area (Å²) in [4.78, 5) is 24.1. The van der Waals surface area contributed by atoms with Crippen molar-refractivity contribution in [3.63, 3.8) is 0 Å². The van der Waals surface area contributed by atoms with E-state index in [4.69, 9.17) is 32.7 Å². The number of hydrazone groups is 1. The van der Waals surface area contributed by atoms with E-state index in [9.17, 15) is 9.59 Å². The second-order valence-electron chi connectivity index (χ2n) is 7.19. The Hall–Kier alpha value is -3.55. The number of nitrogens with zero attached hydrogens (tertiary/aromatic N) is 1. The third-order valence-electron chi connectivity index (χ3n) is 4.55. The van der Waals surface area contributed by atoms with Gasteiger partial charge in [0, 0.05) is 5.02 Å². The third kappa shape index (κ3) is 7.23. The second-order valence-corrected chi connectivity index (χ2v) is 8.03. The summed E-state index contributed by atoms with van der Waals surface area (Å²) in [6.07, 6.45) is 1.39. The smallest absolute Gasteiger partial charge is 0.329 e. The van der Waals surface area contributed by atoms with E-state index in [1.54, 1.807) is 24.3 Å². The summed E-state index contributed by atoms with van der Waals surface area (Å²) in [7, 11) is 0. The van der Waals surface area contributed by atoms with Crippen LogP contribution in [0.3, 0.4) is 0 Å². The molecule has 0 saturated carbocycles. The number of benzene rings is 3. The normalized spacial score (nSPS) is 10.7. The highest BCUT2D eigenvalue weighted by molar-refractivity contribution is 6.42. The first-order valence-electron chi connectivity index (χ1n) is 10.4. The topological polar surface area (TPSA) is 89.0 Å². The lowest BCUT2D eigenvalue weighted by Crippen LogP contribution is -2.32. The number of ether oxygens (including phenoxy) is 2. The molecule has 0 aliphatic carbocycles. The molecule has 3 rings (SSSR count). The molecule has 34 heavy (non-hydrogen) atoms. The van der Waals surface area contributed by atoms with Crippen molar-refractivity contribution in [2.75, 3.05) is 11.9 Å². The molecule has 3 aromatic rings. The van der Waals surface area contributed by atoms with Crippen LogP contribution in [0.25, 0.3) is 0 Å². The van der Waals surface area contributed by atoms with E-state index in [1.165, 1.54) is 23.9 Å². The molecule has 0 heterocycles. The maximum absolute atomic E-state index is 12.1. The van der Waals surface area contributed by atoms with Crippen LogP contribution in [-0.2, 0) is 16.2 Å². The molecule has 3 aromatic carbocycles. The molecule has 0 atom stereocenters. The van der Waals surface area contributed by atoms with Crippen molar-refractivity contribution in [3.05, 3.63) is 87.4 Å². The van der Waals surface area contributed by atoms with Crippen molar-refractivity contribution >= 4 is 46.9 Å². The van der Waals surface area contributed by atoms with E-state index in [1.807, 2.05) is 38.1 Å². The fraction of sp³-hybridized carbons (Fsp3) is 0.160. The summed E-state index contributed by atoms with van der Waals surface area (Å²) in [6.45, 7) is 4.75. The van der Waals surface area contributed by atoms with Crippen molar-refractivity contribution in [1.29, 1.82) is 0 Å². The Kier molecular flexibility index (Phi) is 8.90. The lowest BCUT2D eigenvalue weighted by molar-refractivity contribution is -0.136. The van der Waals surface area contributed by atoms with Gasteiger partial charge >= 0.3 is 11.8 Å². The Morgan fingerprint density at radius 3 is 2.44 bits per heavy atom. The minimum atomic E-state index is -0.963. The predicted octanol–water partition coefficient (Wildman–Crippen LogP) is 5.37. The minimum Gasteiger partial charge on any atom is -0.490 e. The summed E-state index contributed by atoms with van der Waals surface area (Å²) >= 11 is 11.9. The molecule has 0 saturated heterocycles. The van der Waals surface area contributed by atoms with E-state index in [-0.39, 0.29) is 10.7 Å². The van der Waals surface area contributed by atoms with Crippen LogP contribution in [0.15, 0.2) is 65.8 Å². The largest absolute Gasteiger partial charge is 0.490 e. The summed E-state index contributed by atoms with van der Waals surface area (Å²) in [5.41, 5.74) is 5.26. The molecule has 0 unspecified atom stereocenters. The summed E-state index contributed by atoms with van der Waals surface area (Å²) in [5.74, 6) is -0.772. The van der Waals surface area contributed by atoms with Gasteiger partial charge in [-0.15, -0.1) is 0 Å². The van der Waals surface area contributed by atoms with E-state index in [2.05, 4.69) is 15.8 Å². The van der Waals surface area contributed by atoms with E-state index < -0.39 is 11.8 Å². The van der Waals surface area contributed by atoms with Gasteiger partial charge in [0.15, 0.2) is 11.5 Å². The summed E-state index contributed by atoms with van der Waals surface area (Å²) < 4.78 is 11.6. The fourth-order valence-electron chi connectivity index (χ4n) is 2.83. The van der Waals surface area contributed by atoms with Crippen molar-refractivity contribution < 1.29 is 19.1 Å². The first kappa shape index (κ1) is 25.1. The van der Waals surface area contributed by atoms with Gasteiger partial charge < -0.3 is 14.8 Å². The van der Waals surface area contributed by atoms with Crippen molar-refractivity contribution in [2.24, 2.45) is 5.10 Å². The van der Waals surface area contributed by atoms with Crippen LogP contribution in [-0.4, -0.2) is 24.6 Å². The number of halogens is 2. The average Bonchev–Trinajstić information content (AvgIpc) is 2.82. The van der Waals surface area contributed by atoms with Crippen LogP contribution in [0.1, 0.15) is 23.6 Å².